The monoisotopic (exact) mass is 324 g/mol. The average Bonchev–Trinajstić information content (AvgIpc) is 2.50. The highest BCUT2D eigenvalue weighted by Gasteiger charge is 2.21. The number of hydrogen-bond donors (Lipinski definition) is 1. The lowest BCUT2D eigenvalue weighted by Crippen LogP contribution is -2.30. The van der Waals surface area contributed by atoms with Crippen molar-refractivity contribution in [3.8, 4) is 5.75 Å². The molecule has 1 unspecified atom stereocenters. The van der Waals surface area contributed by atoms with Gasteiger partial charge in [0.25, 0.3) is 0 Å². The molecule has 0 saturated heterocycles. The van der Waals surface area contributed by atoms with Crippen molar-refractivity contribution in [2.45, 2.75) is 6.04 Å². The fourth-order valence-corrected chi connectivity index (χ4v) is 2.96. The van der Waals surface area contributed by atoms with E-state index in [4.69, 9.17) is 33.7 Å². The fraction of sp³-hybridized carbons (Fsp3) is 0.250. The van der Waals surface area contributed by atoms with Gasteiger partial charge >= 0.3 is 0 Å². The molecule has 1 atom stereocenters. The van der Waals surface area contributed by atoms with Gasteiger partial charge in [0.05, 0.1) is 13.2 Å². The molecular weight excluding hydrogens is 307 g/mol. The van der Waals surface area contributed by atoms with Gasteiger partial charge < -0.3 is 15.4 Å². The number of nitrogens with zero attached hydrogens (tertiary/aromatic N) is 1. The summed E-state index contributed by atoms with van der Waals surface area (Å²) in [6, 6.07) is 13.1. The maximum absolute atomic E-state index is 6.30. The molecule has 2 rings (SSSR count). The van der Waals surface area contributed by atoms with Gasteiger partial charge in [0.1, 0.15) is 5.75 Å². The van der Waals surface area contributed by atoms with Gasteiger partial charge in [-0.2, -0.15) is 0 Å². The highest BCUT2D eigenvalue weighted by molar-refractivity contribution is 6.36. The molecule has 0 spiro atoms. The highest BCUT2D eigenvalue weighted by atomic mass is 35.5. The number of likely N-dealkylation sites (N-methyl/N-ethyl adjacent to an activating group) is 1. The van der Waals surface area contributed by atoms with Crippen LogP contribution in [0.25, 0.3) is 0 Å². The van der Waals surface area contributed by atoms with E-state index in [1.165, 1.54) is 0 Å². The topological polar surface area (TPSA) is 38.5 Å². The SMILES string of the molecule is COc1cccc(N(C)C(CN)c2c(Cl)cccc2Cl)c1. The molecule has 0 aliphatic heterocycles. The van der Waals surface area contributed by atoms with Crippen molar-refractivity contribution < 1.29 is 4.74 Å². The summed E-state index contributed by atoms with van der Waals surface area (Å²) in [7, 11) is 3.61. The third-order valence-electron chi connectivity index (χ3n) is 3.48. The van der Waals surface area contributed by atoms with Gasteiger partial charge in [0.15, 0.2) is 0 Å². The second-order valence-electron chi connectivity index (χ2n) is 4.70. The van der Waals surface area contributed by atoms with Gasteiger partial charge in [-0.1, -0.05) is 35.3 Å². The number of ether oxygens (including phenoxy) is 1. The first kappa shape index (κ1) is 16.0. The van der Waals surface area contributed by atoms with Crippen LogP contribution < -0.4 is 15.4 Å². The summed E-state index contributed by atoms with van der Waals surface area (Å²) in [6.45, 7) is 0.400. The van der Waals surface area contributed by atoms with Crippen LogP contribution in [0.2, 0.25) is 10.0 Å². The molecule has 0 aliphatic carbocycles. The van der Waals surface area contributed by atoms with Crippen LogP contribution in [-0.4, -0.2) is 20.7 Å². The Morgan fingerprint density at radius 1 is 1.14 bits per heavy atom. The normalized spacial score (nSPS) is 12.0. The minimum absolute atomic E-state index is 0.113. The van der Waals surface area contributed by atoms with Crippen molar-refractivity contribution in [1.29, 1.82) is 0 Å². The second kappa shape index (κ2) is 7.03. The van der Waals surface area contributed by atoms with Crippen molar-refractivity contribution in [2.75, 3.05) is 25.6 Å². The zero-order valence-electron chi connectivity index (χ0n) is 12.0. The highest BCUT2D eigenvalue weighted by Crippen LogP contribution is 2.35. The summed E-state index contributed by atoms with van der Waals surface area (Å²) < 4.78 is 5.26. The summed E-state index contributed by atoms with van der Waals surface area (Å²) in [4.78, 5) is 2.05. The molecule has 21 heavy (non-hydrogen) atoms. The summed E-state index contributed by atoms with van der Waals surface area (Å²) in [5.41, 5.74) is 7.79. The van der Waals surface area contributed by atoms with Crippen LogP contribution >= 0.6 is 23.2 Å². The quantitative estimate of drug-likeness (QED) is 0.898. The van der Waals surface area contributed by atoms with Crippen LogP contribution in [0, 0.1) is 0 Å². The third kappa shape index (κ3) is 3.43. The van der Waals surface area contributed by atoms with Gasteiger partial charge in [-0.25, -0.2) is 0 Å². The first-order valence-corrected chi connectivity index (χ1v) is 7.35. The smallest absolute Gasteiger partial charge is 0.120 e. The zero-order valence-corrected chi connectivity index (χ0v) is 13.5. The molecule has 2 N–H and O–H groups in total. The van der Waals surface area contributed by atoms with E-state index in [0.717, 1.165) is 17.0 Å². The van der Waals surface area contributed by atoms with E-state index in [1.54, 1.807) is 7.11 Å². The zero-order chi connectivity index (χ0) is 15.4. The lowest BCUT2D eigenvalue weighted by molar-refractivity contribution is 0.414. The number of rotatable bonds is 5. The van der Waals surface area contributed by atoms with Crippen LogP contribution in [0.1, 0.15) is 11.6 Å². The maximum Gasteiger partial charge on any atom is 0.120 e. The van der Waals surface area contributed by atoms with Crippen LogP contribution in [0.4, 0.5) is 5.69 Å². The van der Waals surface area contributed by atoms with Crippen molar-refractivity contribution in [1.82, 2.24) is 0 Å². The average molecular weight is 325 g/mol. The molecule has 5 heteroatoms. The van der Waals surface area contributed by atoms with Crippen molar-refractivity contribution in [3.05, 3.63) is 58.1 Å². The number of nitrogens with two attached hydrogens (primary N) is 1. The number of benzene rings is 2. The molecule has 0 aromatic heterocycles. The Kier molecular flexibility index (Phi) is 5.34. The number of anilines is 1. The number of hydrogen-bond acceptors (Lipinski definition) is 3. The van der Waals surface area contributed by atoms with Crippen molar-refractivity contribution >= 4 is 28.9 Å². The Labute approximate surface area is 135 Å². The van der Waals surface area contributed by atoms with Gasteiger partial charge in [-0.3, -0.25) is 0 Å². The summed E-state index contributed by atoms with van der Waals surface area (Å²) >= 11 is 12.6. The minimum Gasteiger partial charge on any atom is -0.497 e. The fourth-order valence-electron chi connectivity index (χ4n) is 2.31. The van der Waals surface area contributed by atoms with Gasteiger partial charge in [0.2, 0.25) is 0 Å². The van der Waals surface area contributed by atoms with Gasteiger partial charge in [0, 0.05) is 41.0 Å². The van der Waals surface area contributed by atoms with Crippen LogP contribution in [0.15, 0.2) is 42.5 Å². The molecule has 2 aromatic rings. The Balaban J connectivity index is 2.40. The predicted octanol–water partition coefficient (Wildman–Crippen LogP) is 4.14. The largest absolute Gasteiger partial charge is 0.497 e. The van der Waals surface area contributed by atoms with E-state index >= 15 is 0 Å². The van der Waals surface area contributed by atoms with Crippen LogP contribution in [0.3, 0.4) is 0 Å². The van der Waals surface area contributed by atoms with E-state index < -0.39 is 0 Å². The van der Waals surface area contributed by atoms with Crippen molar-refractivity contribution in [2.24, 2.45) is 5.73 Å². The Hall–Kier alpha value is -1.42. The molecule has 0 fully saturated rings. The molecule has 0 radical (unpaired) electrons. The maximum atomic E-state index is 6.30. The Morgan fingerprint density at radius 2 is 1.76 bits per heavy atom. The molecule has 0 aliphatic rings. The van der Waals surface area contributed by atoms with E-state index in [0.29, 0.717) is 16.6 Å². The summed E-state index contributed by atoms with van der Waals surface area (Å²) in [5, 5.41) is 1.24. The summed E-state index contributed by atoms with van der Waals surface area (Å²) in [5.74, 6) is 0.792. The Morgan fingerprint density at radius 3 is 2.33 bits per heavy atom. The van der Waals surface area contributed by atoms with Gasteiger partial charge in [-0.05, 0) is 24.3 Å². The van der Waals surface area contributed by atoms with Crippen LogP contribution in [0.5, 0.6) is 5.75 Å². The molecule has 112 valence electrons. The summed E-state index contributed by atoms with van der Waals surface area (Å²) in [6.07, 6.45) is 0. The molecule has 2 aromatic carbocycles. The van der Waals surface area contributed by atoms with E-state index in [-0.39, 0.29) is 6.04 Å². The van der Waals surface area contributed by atoms with Gasteiger partial charge in [-0.15, -0.1) is 0 Å². The van der Waals surface area contributed by atoms with Crippen LogP contribution in [-0.2, 0) is 0 Å². The number of methoxy groups -OCH3 is 1. The van der Waals surface area contributed by atoms with Crippen molar-refractivity contribution in [3.63, 3.8) is 0 Å². The molecule has 0 heterocycles. The first-order chi connectivity index (χ1) is 10.1. The molecule has 0 amide bonds. The van der Waals surface area contributed by atoms with E-state index in [2.05, 4.69) is 4.90 Å². The first-order valence-electron chi connectivity index (χ1n) is 6.59. The second-order valence-corrected chi connectivity index (χ2v) is 5.51. The lowest BCUT2D eigenvalue weighted by atomic mass is 10.0. The predicted molar refractivity (Wildman–Crippen MR) is 89.7 cm³/mol. The minimum atomic E-state index is -0.113. The molecule has 0 bridgehead atoms. The molecule has 3 nitrogen and oxygen atoms in total. The molecule has 0 saturated carbocycles. The van der Waals surface area contributed by atoms with E-state index in [1.807, 2.05) is 49.5 Å². The standard InChI is InChI=1S/C16H18Cl2N2O/c1-20(11-5-3-6-12(9-11)21-2)15(10-19)16-13(17)7-4-8-14(16)18/h3-9,15H,10,19H2,1-2H3. The third-order valence-corrected chi connectivity index (χ3v) is 4.14. The number of halogens is 2. The molecular formula is C16H18Cl2N2O. The lowest BCUT2D eigenvalue weighted by Gasteiger charge is -2.31. The Bertz CT molecular complexity index is 599. The van der Waals surface area contributed by atoms with E-state index in [9.17, 15) is 0 Å².